The first-order chi connectivity index (χ1) is 8.87. The summed E-state index contributed by atoms with van der Waals surface area (Å²) in [5.74, 6) is -1.04. The van der Waals surface area contributed by atoms with Crippen molar-refractivity contribution in [3.8, 4) is 0 Å². The molecule has 1 unspecified atom stereocenters. The number of hydrogen-bond acceptors (Lipinski definition) is 2. The number of nitrogens with one attached hydrogen (secondary N) is 2. The van der Waals surface area contributed by atoms with Crippen LogP contribution in [0.15, 0.2) is 24.3 Å². The van der Waals surface area contributed by atoms with E-state index in [1.54, 1.807) is 6.92 Å². The van der Waals surface area contributed by atoms with E-state index in [2.05, 4.69) is 10.6 Å². The molecule has 0 radical (unpaired) electrons. The zero-order valence-electron chi connectivity index (χ0n) is 11.5. The fourth-order valence-corrected chi connectivity index (χ4v) is 1.48. The van der Waals surface area contributed by atoms with Crippen molar-refractivity contribution in [2.45, 2.75) is 39.3 Å². The zero-order valence-corrected chi connectivity index (χ0v) is 11.5. The smallest absolute Gasteiger partial charge is 0.329 e. The Morgan fingerprint density at radius 3 is 2.32 bits per heavy atom. The van der Waals surface area contributed by atoms with Gasteiger partial charge in [0.05, 0.1) is 0 Å². The molecule has 0 fully saturated rings. The van der Waals surface area contributed by atoms with Gasteiger partial charge in [-0.2, -0.15) is 0 Å². The van der Waals surface area contributed by atoms with E-state index >= 15 is 0 Å². The van der Waals surface area contributed by atoms with Crippen LogP contribution in [0.4, 0.5) is 4.79 Å². The lowest BCUT2D eigenvalue weighted by molar-refractivity contribution is -0.143. The molecule has 0 aliphatic rings. The standard InChI is InChI=1S/C14H20N2O3/c1-4-14(3,12(17)18)16-13(19)15-9-11-7-5-10(2)6-8-11/h5-8H,4,9H2,1-3H3,(H,17,18)(H2,15,16,19). The number of carbonyl (C=O) groups is 2. The van der Waals surface area contributed by atoms with Crippen molar-refractivity contribution in [2.75, 3.05) is 0 Å². The van der Waals surface area contributed by atoms with Crippen molar-refractivity contribution in [3.63, 3.8) is 0 Å². The topological polar surface area (TPSA) is 78.4 Å². The molecule has 2 amide bonds. The number of rotatable bonds is 5. The van der Waals surface area contributed by atoms with Crippen molar-refractivity contribution in [3.05, 3.63) is 35.4 Å². The van der Waals surface area contributed by atoms with Crippen molar-refractivity contribution in [1.29, 1.82) is 0 Å². The Hall–Kier alpha value is -2.04. The number of carbonyl (C=O) groups excluding carboxylic acids is 1. The number of aryl methyl sites for hydroxylation is 1. The van der Waals surface area contributed by atoms with Crippen LogP contribution in [0.3, 0.4) is 0 Å². The molecule has 0 spiro atoms. The number of benzene rings is 1. The first-order valence-corrected chi connectivity index (χ1v) is 6.22. The molecule has 0 saturated heterocycles. The first kappa shape index (κ1) is 15.0. The maximum absolute atomic E-state index is 11.7. The third-order valence-electron chi connectivity index (χ3n) is 3.14. The quantitative estimate of drug-likeness (QED) is 0.761. The first-order valence-electron chi connectivity index (χ1n) is 6.22. The van der Waals surface area contributed by atoms with Crippen LogP contribution in [-0.4, -0.2) is 22.6 Å². The average Bonchev–Trinajstić information content (AvgIpc) is 2.37. The predicted octanol–water partition coefficient (Wildman–Crippen LogP) is 2.05. The maximum atomic E-state index is 11.7. The summed E-state index contributed by atoms with van der Waals surface area (Å²) in [6.45, 7) is 5.56. The van der Waals surface area contributed by atoms with E-state index in [4.69, 9.17) is 5.11 Å². The van der Waals surface area contributed by atoms with Gasteiger partial charge in [0.1, 0.15) is 5.54 Å². The Bertz CT molecular complexity index is 456. The lowest BCUT2D eigenvalue weighted by Gasteiger charge is -2.24. The van der Waals surface area contributed by atoms with Crippen LogP contribution in [0.25, 0.3) is 0 Å². The third kappa shape index (κ3) is 4.28. The van der Waals surface area contributed by atoms with Crippen LogP contribution in [0.5, 0.6) is 0 Å². The summed E-state index contributed by atoms with van der Waals surface area (Å²) in [6.07, 6.45) is 0.320. The molecule has 0 bridgehead atoms. The van der Waals surface area contributed by atoms with E-state index in [0.717, 1.165) is 11.1 Å². The SMILES string of the molecule is CCC(C)(NC(=O)NCc1ccc(C)cc1)C(=O)O. The second kappa shape index (κ2) is 6.22. The Kier molecular flexibility index (Phi) is 4.92. The molecule has 3 N–H and O–H groups in total. The molecule has 0 aromatic heterocycles. The monoisotopic (exact) mass is 264 g/mol. The van der Waals surface area contributed by atoms with Crippen molar-refractivity contribution >= 4 is 12.0 Å². The van der Waals surface area contributed by atoms with Gasteiger partial charge in [0.25, 0.3) is 0 Å². The highest BCUT2D eigenvalue weighted by Crippen LogP contribution is 2.09. The van der Waals surface area contributed by atoms with Gasteiger partial charge in [0.15, 0.2) is 0 Å². The van der Waals surface area contributed by atoms with Gasteiger partial charge in [0.2, 0.25) is 0 Å². The van der Waals surface area contributed by atoms with E-state index in [1.807, 2.05) is 31.2 Å². The fourth-order valence-electron chi connectivity index (χ4n) is 1.48. The molecule has 1 atom stereocenters. The summed E-state index contributed by atoms with van der Waals surface area (Å²) in [6, 6.07) is 7.29. The van der Waals surface area contributed by atoms with Crippen molar-refractivity contribution in [1.82, 2.24) is 10.6 Å². The Labute approximate surface area is 113 Å². The minimum absolute atomic E-state index is 0.320. The summed E-state index contributed by atoms with van der Waals surface area (Å²) < 4.78 is 0. The fraction of sp³-hybridized carbons (Fsp3) is 0.429. The molecule has 1 rings (SSSR count). The van der Waals surface area contributed by atoms with Gasteiger partial charge in [-0.15, -0.1) is 0 Å². The average molecular weight is 264 g/mol. The highest BCUT2D eigenvalue weighted by molar-refractivity contribution is 5.85. The van der Waals surface area contributed by atoms with Gasteiger partial charge in [-0.05, 0) is 25.8 Å². The number of hydrogen-bond donors (Lipinski definition) is 3. The molecular formula is C14H20N2O3. The molecule has 5 nitrogen and oxygen atoms in total. The molecule has 104 valence electrons. The van der Waals surface area contributed by atoms with E-state index in [-0.39, 0.29) is 0 Å². The molecule has 1 aromatic carbocycles. The summed E-state index contributed by atoms with van der Waals surface area (Å²) in [5, 5.41) is 14.2. The number of aliphatic carboxylic acids is 1. The Morgan fingerprint density at radius 2 is 1.84 bits per heavy atom. The molecule has 5 heteroatoms. The molecule has 1 aromatic rings. The van der Waals surface area contributed by atoms with Gasteiger partial charge in [-0.25, -0.2) is 9.59 Å². The molecule has 0 saturated carbocycles. The van der Waals surface area contributed by atoms with Gasteiger partial charge >= 0.3 is 12.0 Å². The Balaban J connectivity index is 2.52. The normalized spacial score (nSPS) is 13.4. The molecular weight excluding hydrogens is 244 g/mol. The van der Waals surface area contributed by atoms with Crippen LogP contribution in [0, 0.1) is 6.92 Å². The predicted molar refractivity (Wildman–Crippen MR) is 72.9 cm³/mol. The van der Waals surface area contributed by atoms with Crippen LogP contribution in [0.2, 0.25) is 0 Å². The van der Waals surface area contributed by atoms with E-state index in [1.165, 1.54) is 6.92 Å². The highest BCUT2D eigenvalue weighted by atomic mass is 16.4. The van der Waals surface area contributed by atoms with Crippen LogP contribution in [0.1, 0.15) is 31.4 Å². The largest absolute Gasteiger partial charge is 0.480 e. The molecule has 19 heavy (non-hydrogen) atoms. The van der Waals surface area contributed by atoms with Crippen LogP contribution < -0.4 is 10.6 Å². The second-order valence-electron chi connectivity index (χ2n) is 4.78. The van der Waals surface area contributed by atoms with Crippen LogP contribution >= 0.6 is 0 Å². The maximum Gasteiger partial charge on any atom is 0.329 e. The van der Waals surface area contributed by atoms with Crippen LogP contribution in [-0.2, 0) is 11.3 Å². The number of urea groups is 1. The molecule has 0 heterocycles. The summed E-state index contributed by atoms with van der Waals surface area (Å²) in [5.41, 5.74) is 0.879. The van der Waals surface area contributed by atoms with Gasteiger partial charge in [-0.3, -0.25) is 0 Å². The number of carboxylic acids is 1. The minimum atomic E-state index is -1.24. The van der Waals surface area contributed by atoms with E-state index < -0.39 is 17.5 Å². The number of amides is 2. The summed E-state index contributed by atoms with van der Waals surface area (Å²) >= 11 is 0. The molecule has 0 aliphatic heterocycles. The lowest BCUT2D eigenvalue weighted by Crippen LogP contribution is -2.54. The Morgan fingerprint density at radius 1 is 1.26 bits per heavy atom. The zero-order chi connectivity index (χ0) is 14.5. The number of carboxylic acid groups (broad SMARTS) is 1. The van der Waals surface area contributed by atoms with Gasteiger partial charge in [-0.1, -0.05) is 36.8 Å². The second-order valence-corrected chi connectivity index (χ2v) is 4.78. The van der Waals surface area contributed by atoms with Crippen molar-refractivity contribution in [2.24, 2.45) is 0 Å². The van der Waals surface area contributed by atoms with Gasteiger partial charge in [0, 0.05) is 6.54 Å². The third-order valence-corrected chi connectivity index (χ3v) is 3.14. The van der Waals surface area contributed by atoms with Crippen molar-refractivity contribution < 1.29 is 14.7 Å². The van der Waals surface area contributed by atoms with Gasteiger partial charge < -0.3 is 15.7 Å². The molecule has 0 aliphatic carbocycles. The lowest BCUT2D eigenvalue weighted by atomic mass is 10.00. The van der Waals surface area contributed by atoms with E-state index in [0.29, 0.717) is 13.0 Å². The minimum Gasteiger partial charge on any atom is -0.480 e. The highest BCUT2D eigenvalue weighted by Gasteiger charge is 2.32. The van der Waals surface area contributed by atoms with E-state index in [9.17, 15) is 9.59 Å². The summed E-state index contributed by atoms with van der Waals surface area (Å²) in [4.78, 5) is 22.7. The summed E-state index contributed by atoms with van der Waals surface area (Å²) in [7, 11) is 0.